The number of aromatic amines is 2. The van der Waals surface area contributed by atoms with Crippen molar-refractivity contribution in [2.75, 3.05) is 6.54 Å². The second kappa shape index (κ2) is 9.48. The molecular weight excluding hydrogens is 412 g/mol. The maximum atomic E-state index is 11.3. The summed E-state index contributed by atoms with van der Waals surface area (Å²) in [7, 11) is 0. The van der Waals surface area contributed by atoms with Crippen LogP contribution in [0.1, 0.15) is 40.4 Å². The number of aryl methyl sites for hydroxylation is 1. The number of carbonyl (C=O) groups is 1. The highest BCUT2D eigenvalue weighted by Gasteiger charge is 2.28. The van der Waals surface area contributed by atoms with Crippen LogP contribution in [0.4, 0.5) is 0 Å². The Labute approximate surface area is 192 Å². The minimum atomic E-state index is -0.525. The summed E-state index contributed by atoms with van der Waals surface area (Å²) in [4.78, 5) is 20.6. The minimum absolute atomic E-state index is 0.354. The summed E-state index contributed by atoms with van der Waals surface area (Å²) in [6, 6.07) is 19.4. The summed E-state index contributed by atoms with van der Waals surface area (Å²) in [6.07, 6.45) is 10.3. The molecule has 4 N–H and O–H groups in total. The van der Waals surface area contributed by atoms with Crippen LogP contribution in [0.3, 0.4) is 0 Å². The number of fused-ring (bicyclic) bond motifs is 2. The van der Waals surface area contributed by atoms with Crippen molar-refractivity contribution in [3.05, 3.63) is 101 Å². The van der Waals surface area contributed by atoms with Gasteiger partial charge in [-0.3, -0.25) is 14.9 Å². The molecule has 1 aliphatic carbocycles. The fourth-order valence-electron chi connectivity index (χ4n) is 4.94. The first-order chi connectivity index (χ1) is 16.2. The van der Waals surface area contributed by atoms with Gasteiger partial charge in [-0.25, -0.2) is 5.48 Å². The second-order valence-electron chi connectivity index (χ2n) is 8.60. The number of aromatic nitrogens is 2. The molecule has 2 heterocycles. The maximum Gasteiger partial charge on any atom is 0.267 e. The molecule has 0 saturated heterocycles. The molecule has 1 aliphatic rings. The third-order valence-electron chi connectivity index (χ3n) is 6.57. The summed E-state index contributed by atoms with van der Waals surface area (Å²) in [6.45, 7) is 1.83. The van der Waals surface area contributed by atoms with E-state index >= 15 is 0 Å². The zero-order valence-corrected chi connectivity index (χ0v) is 18.4. The zero-order chi connectivity index (χ0) is 22.6. The minimum Gasteiger partial charge on any atom is -0.364 e. The van der Waals surface area contributed by atoms with Crippen LogP contribution >= 0.6 is 0 Å². The fourth-order valence-corrected chi connectivity index (χ4v) is 4.94. The standard InChI is InChI=1S/C27H28N4O2/c32-27(30-33)12-8-19-7-10-24-20(16-19)9-11-26(24)31(18-22-4-3-14-28-22)15-13-21-17-29-25-6-2-1-5-23(21)25/h1-8,10,12,14,16-17,26,28-29,33H,9,11,13,15,18H2,(H,30,32). The van der Waals surface area contributed by atoms with Gasteiger partial charge >= 0.3 is 0 Å². The fraction of sp³-hybridized carbons (Fsp3) is 0.222. The van der Waals surface area contributed by atoms with Crippen molar-refractivity contribution in [3.8, 4) is 0 Å². The molecule has 0 radical (unpaired) electrons. The van der Waals surface area contributed by atoms with Crippen molar-refractivity contribution in [2.24, 2.45) is 0 Å². The lowest BCUT2D eigenvalue weighted by Crippen LogP contribution is -2.29. The summed E-state index contributed by atoms with van der Waals surface area (Å²) < 4.78 is 0. The van der Waals surface area contributed by atoms with Crippen molar-refractivity contribution < 1.29 is 10.0 Å². The van der Waals surface area contributed by atoms with E-state index in [-0.39, 0.29) is 0 Å². The number of hydrogen-bond donors (Lipinski definition) is 4. The average molecular weight is 441 g/mol. The highest BCUT2D eigenvalue weighted by atomic mass is 16.5. The first-order valence-electron chi connectivity index (χ1n) is 11.4. The van der Waals surface area contributed by atoms with E-state index in [0.29, 0.717) is 6.04 Å². The van der Waals surface area contributed by atoms with E-state index < -0.39 is 5.91 Å². The van der Waals surface area contributed by atoms with Crippen LogP contribution in [0.2, 0.25) is 0 Å². The first kappa shape index (κ1) is 21.2. The Bertz CT molecular complexity index is 1270. The molecule has 0 aliphatic heterocycles. The normalized spacial score (nSPS) is 15.5. The Hall–Kier alpha value is -3.61. The molecule has 1 unspecified atom stereocenters. The smallest absolute Gasteiger partial charge is 0.267 e. The first-order valence-corrected chi connectivity index (χ1v) is 11.4. The number of para-hydroxylation sites is 1. The van der Waals surface area contributed by atoms with E-state index in [1.807, 2.05) is 12.3 Å². The van der Waals surface area contributed by atoms with Crippen LogP contribution in [0.25, 0.3) is 17.0 Å². The number of amides is 1. The molecule has 1 amide bonds. The predicted octanol–water partition coefficient (Wildman–Crippen LogP) is 4.75. The van der Waals surface area contributed by atoms with Crippen LogP contribution < -0.4 is 5.48 Å². The van der Waals surface area contributed by atoms with Crippen LogP contribution in [0.5, 0.6) is 0 Å². The number of nitrogens with one attached hydrogen (secondary N) is 3. The highest BCUT2D eigenvalue weighted by molar-refractivity contribution is 5.90. The van der Waals surface area contributed by atoms with Gasteiger partial charge in [-0.2, -0.15) is 0 Å². The van der Waals surface area contributed by atoms with E-state index in [1.165, 1.54) is 39.4 Å². The quantitative estimate of drug-likeness (QED) is 0.181. The molecule has 6 heteroatoms. The van der Waals surface area contributed by atoms with Gasteiger partial charge in [-0.1, -0.05) is 36.4 Å². The Morgan fingerprint density at radius 2 is 2.06 bits per heavy atom. The van der Waals surface area contributed by atoms with E-state index in [9.17, 15) is 4.79 Å². The van der Waals surface area contributed by atoms with Crippen LogP contribution in [-0.4, -0.2) is 32.5 Å². The summed E-state index contributed by atoms with van der Waals surface area (Å²) in [5.74, 6) is -0.525. The lowest BCUT2D eigenvalue weighted by Gasteiger charge is -2.29. The van der Waals surface area contributed by atoms with Crippen LogP contribution in [0, 0.1) is 0 Å². The Morgan fingerprint density at radius 1 is 1.15 bits per heavy atom. The van der Waals surface area contributed by atoms with Crippen LogP contribution in [-0.2, 0) is 24.2 Å². The number of rotatable bonds is 8. The second-order valence-corrected chi connectivity index (χ2v) is 8.60. The molecule has 5 rings (SSSR count). The molecule has 6 nitrogen and oxygen atoms in total. The van der Waals surface area contributed by atoms with Gasteiger partial charge in [0.1, 0.15) is 0 Å². The molecule has 1 atom stereocenters. The average Bonchev–Trinajstić information content (AvgIpc) is 3.60. The molecule has 2 aromatic carbocycles. The van der Waals surface area contributed by atoms with Gasteiger partial charge in [0, 0.05) is 54.2 Å². The molecule has 0 fully saturated rings. The van der Waals surface area contributed by atoms with Crippen molar-refractivity contribution in [1.29, 1.82) is 0 Å². The van der Waals surface area contributed by atoms with Crippen molar-refractivity contribution in [1.82, 2.24) is 20.3 Å². The molecule has 0 spiro atoms. The van der Waals surface area contributed by atoms with Gasteiger partial charge in [0.25, 0.3) is 5.91 Å². The largest absolute Gasteiger partial charge is 0.364 e. The SMILES string of the molecule is O=C(C=Cc1ccc2c(c1)CCC2N(CCc1c[nH]c2ccccc12)Cc1ccc[nH]1)NO. The van der Waals surface area contributed by atoms with Crippen molar-refractivity contribution in [3.63, 3.8) is 0 Å². The van der Waals surface area contributed by atoms with Gasteiger partial charge in [0.2, 0.25) is 0 Å². The summed E-state index contributed by atoms with van der Waals surface area (Å²) in [5.41, 5.74) is 9.04. The lowest BCUT2D eigenvalue weighted by atomic mass is 10.0. The Balaban J connectivity index is 1.37. The van der Waals surface area contributed by atoms with E-state index in [4.69, 9.17) is 5.21 Å². The topological polar surface area (TPSA) is 84.2 Å². The molecular formula is C27H28N4O2. The number of hydrogen-bond acceptors (Lipinski definition) is 3. The molecule has 0 saturated carbocycles. The third-order valence-corrected chi connectivity index (χ3v) is 6.57. The molecule has 168 valence electrons. The van der Waals surface area contributed by atoms with E-state index in [1.54, 1.807) is 11.6 Å². The number of H-pyrrole nitrogens is 2. The third kappa shape index (κ3) is 4.62. The molecule has 4 aromatic rings. The zero-order valence-electron chi connectivity index (χ0n) is 18.4. The predicted molar refractivity (Wildman–Crippen MR) is 130 cm³/mol. The number of nitrogens with zero attached hydrogens (tertiary/aromatic N) is 1. The number of benzene rings is 2. The van der Waals surface area contributed by atoms with Crippen molar-refractivity contribution >= 4 is 22.9 Å². The maximum absolute atomic E-state index is 11.3. The lowest BCUT2D eigenvalue weighted by molar-refractivity contribution is -0.124. The number of carbonyl (C=O) groups excluding carboxylic acids is 1. The van der Waals surface area contributed by atoms with Gasteiger partial charge in [-0.15, -0.1) is 0 Å². The Morgan fingerprint density at radius 3 is 2.91 bits per heavy atom. The van der Waals surface area contributed by atoms with E-state index in [2.05, 4.69) is 69.6 Å². The van der Waals surface area contributed by atoms with Gasteiger partial charge < -0.3 is 9.97 Å². The Kier molecular flexibility index (Phi) is 6.11. The summed E-state index contributed by atoms with van der Waals surface area (Å²) in [5, 5.41) is 9.98. The molecule has 33 heavy (non-hydrogen) atoms. The van der Waals surface area contributed by atoms with Gasteiger partial charge in [0.05, 0.1) is 0 Å². The number of hydroxylamine groups is 1. The summed E-state index contributed by atoms with van der Waals surface area (Å²) >= 11 is 0. The van der Waals surface area contributed by atoms with E-state index in [0.717, 1.165) is 37.9 Å². The molecule has 2 aromatic heterocycles. The monoisotopic (exact) mass is 440 g/mol. The van der Waals surface area contributed by atoms with Gasteiger partial charge in [0.15, 0.2) is 0 Å². The highest BCUT2D eigenvalue weighted by Crippen LogP contribution is 2.37. The molecule has 0 bridgehead atoms. The van der Waals surface area contributed by atoms with Crippen LogP contribution in [0.15, 0.2) is 73.1 Å². The van der Waals surface area contributed by atoms with Crippen molar-refractivity contribution in [2.45, 2.75) is 31.8 Å². The van der Waals surface area contributed by atoms with Gasteiger partial charge in [-0.05, 0) is 65.8 Å².